The van der Waals surface area contributed by atoms with Crippen LogP contribution >= 0.6 is 0 Å². The molecule has 1 unspecified atom stereocenters. The Balaban J connectivity index is 1.22. The molecule has 6 nitrogen and oxygen atoms in total. The molecule has 1 amide bonds. The van der Waals surface area contributed by atoms with Gasteiger partial charge in [-0.25, -0.2) is 0 Å². The lowest BCUT2D eigenvalue weighted by Crippen LogP contribution is -2.38. The smallest absolute Gasteiger partial charge is 0.251 e. The molecule has 1 atom stereocenters. The molecule has 0 radical (unpaired) electrons. The number of nitrogens with one attached hydrogen (secondary N) is 1. The van der Waals surface area contributed by atoms with E-state index in [0.717, 1.165) is 55.9 Å². The van der Waals surface area contributed by atoms with E-state index in [1.165, 1.54) is 0 Å². The minimum Gasteiger partial charge on any atom is -0.490 e. The number of pyridine rings is 2. The first kappa shape index (κ1) is 22.0. The summed E-state index contributed by atoms with van der Waals surface area (Å²) in [7, 11) is 0. The number of amides is 1. The molecule has 3 heterocycles. The maximum absolute atomic E-state index is 12.6. The van der Waals surface area contributed by atoms with Gasteiger partial charge < -0.3 is 10.1 Å². The minimum absolute atomic E-state index is 0.0268. The summed E-state index contributed by atoms with van der Waals surface area (Å²) in [6.45, 7) is 4.88. The van der Waals surface area contributed by atoms with Gasteiger partial charge in [-0.15, -0.1) is 0 Å². The summed E-state index contributed by atoms with van der Waals surface area (Å²) in [6, 6.07) is 17.4. The van der Waals surface area contributed by atoms with Crippen LogP contribution < -0.4 is 10.1 Å². The molecule has 32 heavy (non-hydrogen) atoms. The molecule has 3 aromatic rings. The summed E-state index contributed by atoms with van der Waals surface area (Å²) >= 11 is 0. The Morgan fingerprint density at radius 2 is 1.91 bits per heavy atom. The first-order valence-electron chi connectivity index (χ1n) is 11.2. The zero-order valence-corrected chi connectivity index (χ0v) is 18.5. The van der Waals surface area contributed by atoms with Crippen LogP contribution in [0.5, 0.6) is 5.75 Å². The predicted molar refractivity (Wildman–Crippen MR) is 124 cm³/mol. The molecule has 1 aromatic carbocycles. The molecular weight excluding hydrogens is 400 g/mol. The average molecular weight is 431 g/mol. The summed E-state index contributed by atoms with van der Waals surface area (Å²) in [5, 5.41) is 3.05. The monoisotopic (exact) mass is 430 g/mol. The van der Waals surface area contributed by atoms with E-state index in [-0.39, 0.29) is 18.1 Å². The molecule has 0 aliphatic carbocycles. The second kappa shape index (κ2) is 10.9. The van der Waals surface area contributed by atoms with Gasteiger partial charge in [0.25, 0.3) is 5.91 Å². The topological polar surface area (TPSA) is 67.3 Å². The van der Waals surface area contributed by atoms with Crippen LogP contribution in [0.25, 0.3) is 0 Å². The van der Waals surface area contributed by atoms with Crippen LogP contribution in [0, 0.1) is 0 Å². The zero-order valence-electron chi connectivity index (χ0n) is 18.5. The van der Waals surface area contributed by atoms with Crippen molar-refractivity contribution in [2.45, 2.75) is 44.9 Å². The average Bonchev–Trinajstić information content (AvgIpc) is 2.82. The third-order valence-corrected chi connectivity index (χ3v) is 5.71. The van der Waals surface area contributed by atoms with Crippen LogP contribution in [-0.2, 0) is 13.0 Å². The van der Waals surface area contributed by atoms with Crippen molar-refractivity contribution in [3.8, 4) is 5.75 Å². The Kier molecular flexibility index (Phi) is 7.46. The Bertz CT molecular complexity index is 972. The summed E-state index contributed by atoms with van der Waals surface area (Å²) in [5.41, 5.74) is 2.85. The number of hydrogen-bond donors (Lipinski definition) is 1. The molecule has 1 fully saturated rings. The van der Waals surface area contributed by atoms with Crippen molar-refractivity contribution in [1.82, 2.24) is 20.2 Å². The van der Waals surface area contributed by atoms with Crippen molar-refractivity contribution in [3.63, 3.8) is 0 Å². The molecule has 1 aliphatic rings. The zero-order chi connectivity index (χ0) is 22.2. The fourth-order valence-electron chi connectivity index (χ4n) is 4.01. The van der Waals surface area contributed by atoms with Gasteiger partial charge in [-0.2, -0.15) is 0 Å². The van der Waals surface area contributed by atoms with Crippen molar-refractivity contribution in [2.24, 2.45) is 0 Å². The summed E-state index contributed by atoms with van der Waals surface area (Å²) in [5.74, 6) is 0.740. The lowest BCUT2D eigenvalue weighted by Gasteiger charge is -2.31. The predicted octanol–water partition coefficient (Wildman–Crippen LogP) is 3.88. The molecular formula is C26H30N4O2. The lowest BCUT2D eigenvalue weighted by molar-refractivity contribution is 0.0938. The van der Waals surface area contributed by atoms with E-state index in [4.69, 9.17) is 4.74 Å². The molecule has 4 rings (SSSR count). The Morgan fingerprint density at radius 3 is 2.59 bits per heavy atom. The van der Waals surface area contributed by atoms with E-state index >= 15 is 0 Å². The summed E-state index contributed by atoms with van der Waals surface area (Å²) < 4.78 is 6.17. The normalized spacial score (nSPS) is 15.8. The molecule has 1 saturated heterocycles. The van der Waals surface area contributed by atoms with Crippen LogP contribution in [0.3, 0.4) is 0 Å². The van der Waals surface area contributed by atoms with E-state index in [0.29, 0.717) is 5.56 Å². The highest BCUT2D eigenvalue weighted by Crippen LogP contribution is 2.20. The first-order valence-corrected chi connectivity index (χ1v) is 11.2. The van der Waals surface area contributed by atoms with Gasteiger partial charge in [0.2, 0.25) is 0 Å². The van der Waals surface area contributed by atoms with Gasteiger partial charge >= 0.3 is 0 Å². The summed E-state index contributed by atoms with van der Waals surface area (Å²) in [4.78, 5) is 23.5. The number of rotatable bonds is 8. The van der Waals surface area contributed by atoms with Gasteiger partial charge in [0.1, 0.15) is 11.9 Å². The van der Waals surface area contributed by atoms with Crippen LogP contribution in [0.1, 0.15) is 41.4 Å². The first-order chi connectivity index (χ1) is 15.7. The number of ether oxygens (including phenoxy) is 1. The largest absolute Gasteiger partial charge is 0.490 e. The number of benzene rings is 1. The highest BCUT2D eigenvalue weighted by atomic mass is 16.5. The van der Waals surface area contributed by atoms with Crippen LogP contribution in [0.2, 0.25) is 0 Å². The van der Waals surface area contributed by atoms with Crippen molar-refractivity contribution < 1.29 is 9.53 Å². The van der Waals surface area contributed by atoms with Gasteiger partial charge in [-0.3, -0.25) is 19.7 Å². The second-order valence-electron chi connectivity index (χ2n) is 8.38. The van der Waals surface area contributed by atoms with E-state index in [2.05, 4.69) is 26.3 Å². The second-order valence-corrected chi connectivity index (χ2v) is 8.38. The van der Waals surface area contributed by atoms with E-state index in [1.807, 2.05) is 67.8 Å². The van der Waals surface area contributed by atoms with Crippen molar-refractivity contribution in [1.29, 1.82) is 0 Å². The fourth-order valence-corrected chi connectivity index (χ4v) is 4.01. The number of nitrogens with zero attached hydrogens (tertiary/aromatic N) is 3. The van der Waals surface area contributed by atoms with Gasteiger partial charge in [0.05, 0.1) is 5.69 Å². The number of piperidine rings is 1. The van der Waals surface area contributed by atoms with Crippen molar-refractivity contribution in [2.75, 3.05) is 13.1 Å². The highest BCUT2D eigenvalue weighted by molar-refractivity contribution is 5.94. The minimum atomic E-state index is -0.0734. The fraction of sp³-hybridized carbons (Fsp3) is 0.346. The lowest BCUT2D eigenvalue weighted by atomic mass is 10.1. The van der Waals surface area contributed by atoms with E-state index in [9.17, 15) is 4.79 Å². The molecule has 1 N–H and O–H groups in total. The maximum Gasteiger partial charge on any atom is 0.251 e. The molecule has 0 saturated carbocycles. The van der Waals surface area contributed by atoms with E-state index in [1.54, 1.807) is 6.20 Å². The maximum atomic E-state index is 12.6. The molecule has 2 aromatic heterocycles. The van der Waals surface area contributed by atoms with Crippen LogP contribution in [0.15, 0.2) is 73.2 Å². The van der Waals surface area contributed by atoms with Crippen molar-refractivity contribution in [3.05, 3.63) is 90.0 Å². The third-order valence-electron chi connectivity index (χ3n) is 5.71. The number of hydrogen-bond acceptors (Lipinski definition) is 5. The molecule has 166 valence electrons. The Labute approximate surface area is 189 Å². The molecule has 0 spiro atoms. The number of carbonyl (C=O) groups excluding carboxylic acids is 1. The molecule has 6 heteroatoms. The number of aromatic nitrogens is 2. The Hall–Kier alpha value is -3.25. The number of likely N-dealkylation sites (tertiary alicyclic amines) is 1. The summed E-state index contributed by atoms with van der Waals surface area (Å²) in [6.07, 6.45) is 8.35. The van der Waals surface area contributed by atoms with Crippen LogP contribution in [-0.4, -0.2) is 46.0 Å². The highest BCUT2D eigenvalue weighted by Gasteiger charge is 2.21. The van der Waals surface area contributed by atoms with Gasteiger partial charge in [-0.05, 0) is 74.2 Å². The van der Waals surface area contributed by atoms with E-state index < -0.39 is 0 Å². The van der Waals surface area contributed by atoms with Crippen LogP contribution in [0.4, 0.5) is 0 Å². The Morgan fingerprint density at radius 1 is 1.09 bits per heavy atom. The van der Waals surface area contributed by atoms with Crippen molar-refractivity contribution >= 4 is 5.91 Å². The van der Waals surface area contributed by atoms with Gasteiger partial charge in [-0.1, -0.05) is 12.1 Å². The molecule has 0 bridgehead atoms. The standard InChI is InChI=1S/C26H30N4O2/c1-20(17-21-5-4-13-27-18-21)29-26(31)22-7-9-24(10-8-22)32-25-11-15-30(16-12-25)19-23-6-2-3-14-28-23/h2-10,13-14,18,20,25H,11-12,15-17,19H2,1H3,(H,29,31). The van der Waals surface area contributed by atoms with Gasteiger partial charge in [0.15, 0.2) is 0 Å². The third kappa shape index (κ3) is 6.37. The number of carbonyl (C=O) groups is 1. The SMILES string of the molecule is CC(Cc1cccnc1)NC(=O)c1ccc(OC2CCN(Cc3ccccn3)CC2)cc1. The molecule has 1 aliphatic heterocycles. The van der Waals surface area contributed by atoms with Gasteiger partial charge in [0, 0.05) is 49.8 Å². The quantitative estimate of drug-likeness (QED) is 0.587.